The van der Waals surface area contributed by atoms with Crippen LogP contribution in [0.5, 0.6) is 5.75 Å². The molecule has 1 aromatic rings. The van der Waals surface area contributed by atoms with Crippen molar-refractivity contribution in [2.24, 2.45) is 5.73 Å². The van der Waals surface area contributed by atoms with E-state index in [0.29, 0.717) is 0 Å². The van der Waals surface area contributed by atoms with Crippen molar-refractivity contribution in [1.82, 2.24) is 0 Å². The number of carbonyl (C=O) groups excluding carboxylic acids is 1. The number of hydrogen-bond donors (Lipinski definition) is 2. The number of aromatic hydroxyl groups is 1. The topological polar surface area (TPSA) is 63.3 Å². The van der Waals surface area contributed by atoms with Gasteiger partial charge in [0, 0.05) is 6.08 Å². The van der Waals surface area contributed by atoms with Crippen molar-refractivity contribution in [3.05, 3.63) is 41.6 Å². The fourth-order valence-electron chi connectivity index (χ4n) is 0.983. The lowest BCUT2D eigenvalue weighted by molar-refractivity contribution is 0.104. The molecule has 0 radical (unpaired) electrons. The van der Waals surface area contributed by atoms with Gasteiger partial charge in [0.2, 0.25) is 3.79 Å². The average molecular weight is 281 g/mol. The predicted octanol–water partition coefficient (Wildman–Crippen LogP) is 2.79. The molecule has 86 valence electrons. The van der Waals surface area contributed by atoms with Crippen LogP contribution in [0.4, 0.5) is 0 Å². The molecule has 0 aliphatic carbocycles. The van der Waals surface area contributed by atoms with Gasteiger partial charge in [-0.25, -0.2) is 0 Å². The number of phenolic OH excluding ortho intramolecular Hbond substituents is 1. The Bertz CT molecular complexity index is 438. The lowest BCUT2D eigenvalue weighted by Crippen LogP contribution is -2.17. The maximum absolute atomic E-state index is 11.6. The van der Waals surface area contributed by atoms with E-state index < -0.39 is 9.58 Å². The first-order chi connectivity index (χ1) is 7.32. The number of ketones is 1. The average Bonchev–Trinajstić information content (AvgIpc) is 2.16. The fraction of sp³-hybridized carbons (Fsp3) is 0.100. The van der Waals surface area contributed by atoms with Gasteiger partial charge in [-0.15, -0.1) is 0 Å². The van der Waals surface area contributed by atoms with E-state index in [9.17, 15) is 9.90 Å². The lowest BCUT2D eigenvalue weighted by atomic mass is 10.1. The highest BCUT2D eigenvalue weighted by Crippen LogP contribution is 2.32. The second-order valence-electron chi connectivity index (χ2n) is 2.98. The van der Waals surface area contributed by atoms with Gasteiger partial charge in [-0.3, -0.25) is 4.79 Å². The number of carbonyl (C=O) groups is 1. The monoisotopic (exact) mass is 279 g/mol. The van der Waals surface area contributed by atoms with Crippen molar-refractivity contribution in [2.45, 2.75) is 3.79 Å². The van der Waals surface area contributed by atoms with E-state index >= 15 is 0 Å². The highest BCUT2D eigenvalue weighted by Gasteiger charge is 2.24. The summed E-state index contributed by atoms with van der Waals surface area (Å²) < 4.78 is -1.83. The van der Waals surface area contributed by atoms with E-state index in [1.807, 2.05) is 0 Å². The summed E-state index contributed by atoms with van der Waals surface area (Å²) in [5, 5.41) is 9.41. The largest absolute Gasteiger partial charge is 0.507 e. The van der Waals surface area contributed by atoms with Gasteiger partial charge in [-0.05, 0) is 12.1 Å². The van der Waals surface area contributed by atoms with Gasteiger partial charge in [-0.1, -0.05) is 46.9 Å². The molecule has 0 spiro atoms. The molecule has 6 heteroatoms. The number of para-hydroxylation sites is 1. The van der Waals surface area contributed by atoms with Crippen LogP contribution >= 0.6 is 34.8 Å². The Morgan fingerprint density at radius 1 is 1.31 bits per heavy atom. The molecule has 0 atom stereocenters. The number of nitrogens with two attached hydrogens (primary N) is 1. The zero-order chi connectivity index (χ0) is 12.3. The number of rotatable bonds is 2. The minimum atomic E-state index is -1.83. The SMILES string of the molecule is NC(=CC(=O)c1ccccc1O)C(Cl)(Cl)Cl. The van der Waals surface area contributed by atoms with Gasteiger partial charge in [0.25, 0.3) is 0 Å². The summed E-state index contributed by atoms with van der Waals surface area (Å²) in [5.41, 5.74) is 5.30. The summed E-state index contributed by atoms with van der Waals surface area (Å²) in [7, 11) is 0. The third-order valence-corrected chi connectivity index (χ3v) is 2.44. The third kappa shape index (κ3) is 3.30. The maximum Gasteiger partial charge on any atom is 0.230 e. The maximum atomic E-state index is 11.6. The van der Waals surface area contributed by atoms with Gasteiger partial charge in [0.05, 0.1) is 11.3 Å². The Hall–Kier alpha value is -0.900. The Balaban J connectivity index is 3.02. The number of phenols is 1. The number of hydrogen-bond acceptors (Lipinski definition) is 3. The van der Waals surface area contributed by atoms with Crippen LogP contribution in [0.2, 0.25) is 0 Å². The van der Waals surface area contributed by atoms with Gasteiger partial charge >= 0.3 is 0 Å². The molecule has 0 aliphatic rings. The van der Waals surface area contributed by atoms with E-state index in [0.717, 1.165) is 6.08 Å². The number of allylic oxidation sites excluding steroid dienone is 2. The molecule has 0 unspecified atom stereocenters. The molecular formula is C10H8Cl3NO2. The molecule has 1 rings (SSSR count). The van der Waals surface area contributed by atoms with Crippen LogP contribution in [0, 0.1) is 0 Å². The quantitative estimate of drug-likeness (QED) is 0.497. The van der Waals surface area contributed by atoms with Crippen LogP contribution in [0.25, 0.3) is 0 Å². The van der Waals surface area contributed by atoms with Gasteiger partial charge in [0.15, 0.2) is 5.78 Å². The van der Waals surface area contributed by atoms with E-state index in [1.165, 1.54) is 12.1 Å². The first-order valence-corrected chi connectivity index (χ1v) is 5.32. The Labute approximate surface area is 107 Å². The zero-order valence-electron chi connectivity index (χ0n) is 7.95. The molecular weight excluding hydrogens is 272 g/mol. The predicted molar refractivity (Wildman–Crippen MR) is 65.0 cm³/mol. The third-order valence-electron chi connectivity index (χ3n) is 1.78. The molecule has 16 heavy (non-hydrogen) atoms. The Kier molecular flexibility index (Phi) is 4.08. The Morgan fingerprint density at radius 2 is 1.88 bits per heavy atom. The molecule has 0 saturated heterocycles. The first-order valence-electron chi connectivity index (χ1n) is 4.19. The standard InChI is InChI=1S/C10H8Cl3NO2/c11-10(12,13)9(14)5-8(16)6-3-1-2-4-7(6)15/h1-5,15H,14H2. The molecule has 0 fully saturated rings. The van der Waals surface area contributed by atoms with Crippen molar-refractivity contribution in [3.63, 3.8) is 0 Å². The highest BCUT2D eigenvalue weighted by atomic mass is 35.6. The summed E-state index contributed by atoms with van der Waals surface area (Å²) in [6.07, 6.45) is 0.974. The summed E-state index contributed by atoms with van der Waals surface area (Å²) in [6, 6.07) is 6.02. The molecule has 0 aliphatic heterocycles. The molecule has 0 amide bonds. The second kappa shape index (κ2) is 4.95. The summed E-state index contributed by atoms with van der Waals surface area (Å²) in [4.78, 5) is 11.6. The van der Waals surface area contributed by atoms with Crippen molar-refractivity contribution >= 4 is 40.6 Å². The van der Waals surface area contributed by atoms with Crippen LogP contribution in [-0.2, 0) is 0 Å². The molecule has 0 heterocycles. The molecule has 3 nitrogen and oxygen atoms in total. The van der Waals surface area contributed by atoms with Crippen LogP contribution in [0.1, 0.15) is 10.4 Å². The van der Waals surface area contributed by atoms with E-state index in [2.05, 4.69) is 0 Å². The van der Waals surface area contributed by atoms with Crippen LogP contribution < -0.4 is 5.73 Å². The molecule has 3 N–H and O–H groups in total. The van der Waals surface area contributed by atoms with Crippen molar-refractivity contribution in [3.8, 4) is 5.75 Å². The van der Waals surface area contributed by atoms with Crippen LogP contribution in [0.15, 0.2) is 36.0 Å². The molecule has 1 aromatic carbocycles. The lowest BCUT2D eigenvalue weighted by Gasteiger charge is -2.10. The number of benzene rings is 1. The van der Waals surface area contributed by atoms with E-state index in [4.69, 9.17) is 40.5 Å². The summed E-state index contributed by atoms with van der Waals surface area (Å²) in [6.45, 7) is 0. The fourth-order valence-corrected chi connectivity index (χ4v) is 1.15. The molecule has 0 aromatic heterocycles. The van der Waals surface area contributed by atoms with Crippen molar-refractivity contribution in [1.29, 1.82) is 0 Å². The van der Waals surface area contributed by atoms with Gasteiger partial charge < -0.3 is 10.8 Å². The second-order valence-corrected chi connectivity index (χ2v) is 5.26. The first kappa shape index (κ1) is 13.2. The number of halogens is 3. The summed E-state index contributed by atoms with van der Waals surface area (Å²) >= 11 is 16.4. The highest BCUT2D eigenvalue weighted by molar-refractivity contribution is 6.69. The normalized spacial score (nSPS) is 12.6. The van der Waals surface area contributed by atoms with Crippen LogP contribution in [-0.4, -0.2) is 14.7 Å². The Morgan fingerprint density at radius 3 is 2.38 bits per heavy atom. The zero-order valence-corrected chi connectivity index (χ0v) is 10.2. The van der Waals surface area contributed by atoms with Crippen LogP contribution in [0.3, 0.4) is 0 Å². The van der Waals surface area contributed by atoms with Crippen molar-refractivity contribution in [2.75, 3.05) is 0 Å². The van der Waals surface area contributed by atoms with Gasteiger partial charge in [-0.2, -0.15) is 0 Å². The van der Waals surface area contributed by atoms with Gasteiger partial charge in [0.1, 0.15) is 5.75 Å². The molecule has 0 saturated carbocycles. The summed E-state index contributed by atoms with van der Waals surface area (Å²) in [5.74, 6) is -0.678. The molecule has 0 bridgehead atoms. The number of alkyl halides is 3. The van der Waals surface area contributed by atoms with Crippen molar-refractivity contribution < 1.29 is 9.90 Å². The van der Waals surface area contributed by atoms with E-state index in [1.54, 1.807) is 12.1 Å². The minimum absolute atomic E-state index is 0.0969. The minimum Gasteiger partial charge on any atom is -0.507 e. The smallest absolute Gasteiger partial charge is 0.230 e. The van der Waals surface area contributed by atoms with E-state index in [-0.39, 0.29) is 17.0 Å².